The van der Waals surface area contributed by atoms with E-state index in [1.807, 2.05) is 30.3 Å². The Hall–Kier alpha value is -3.67. The molecule has 0 bridgehead atoms. The highest BCUT2D eigenvalue weighted by Crippen LogP contribution is 2.24. The molecule has 0 heterocycles. The molecular weight excluding hydrogens is 332 g/mol. The van der Waals surface area contributed by atoms with Gasteiger partial charge in [0.1, 0.15) is 11.5 Å². The first kappa shape index (κ1) is 17.2. The number of ether oxygens (including phenoxy) is 1. The smallest absolute Gasteiger partial charge is 0.273 e. The maximum Gasteiger partial charge on any atom is 0.273 e. The number of carbonyl (C=O) groups is 1. The lowest BCUT2D eigenvalue weighted by molar-refractivity contribution is -0.385. The summed E-state index contributed by atoms with van der Waals surface area (Å²) in [4.78, 5) is 22.9. The topological polar surface area (TPSA) is 81.5 Å². The Labute approximate surface area is 150 Å². The summed E-state index contributed by atoms with van der Waals surface area (Å²) in [5, 5.41) is 13.7. The van der Waals surface area contributed by atoms with Gasteiger partial charge in [-0.25, -0.2) is 0 Å². The minimum absolute atomic E-state index is 0.0794. The first-order valence-electron chi connectivity index (χ1n) is 7.93. The summed E-state index contributed by atoms with van der Waals surface area (Å²) in [5.41, 5.74) is 1.09. The van der Waals surface area contributed by atoms with Gasteiger partial charge < -0.3 is 10.1 Å². The van der Waals surface area contributed by atoms with Crippen LogP contribution in [0.25, 0.3) is 0 Å². The van der Waals surface area contributed by atoms with Crippen molar-refractivity contribution in [2.45, 2.75) is 6.92 Å². The number of nitro groups is 1. The zero-order valence-corrected chi connectivity index (χ0v) is 14.0. The number of nitrogens with one attached hydrogen (secondary N) is 1. The van der Waals surface area contributed by atoms with Crippen LogP contribution in [0.15, 0.2) is 72.8 Å². The van der Waals surface area contributed by atoms with E-state index in [0.29, 0.717) is 17.0 Å². The second-order valence-electron chi connectivity index (χ2n) is 5.60. The van der Waals surface area contributed by atoms with Gasteiger partial charge >= 0.3 is 0 Å². The van der Waals surface area contributed by atoms with Crippen molar-refractivity contribution in [1.29, 1.82) is 0 Å². The molecule has 0 saturated heterocycles. The molecule has 3 rings (SSSR count). The Bertz CT molecular complexity index is 938. The van der Waals surface area contributed by atoms with Crippen molar-refractivity contribution in [3.8, 4) is 11.5 Å². The number of hydrogen-bond donors (Lipinski definition) is 1. The van der Waals surface area contributed by atoms with E-state index in [1.54, 1.807) is 37.3 Å². The van der Waals surface area contributed by atoms with Crippen LogP contribution >= 0.6 is 0 Å². The van der Waals surface area contributed by atoms with Crippen LogP contribution < -0.4 is 10.1 Å². The SMILES string of the molecule is Cc1c(C(=O)Nc2ccc(Oc3ccccc3)cc2)cccc1[N+](=O)[O-]. The monoisotopic (exact) mass is 348 g/mol. The van der Waals surface area contributed by atoms with Gasteiger partial charge in [-0.2, -0.15) is 0 Å². The van der Waals surface area contributed by atoms with Crippen LogP contribution in [0.4, 0.5) is 11.4 Å². The largest absolute Gasteiger partial charge is 0.457 e. The summed E-state index contributed by atoms with van der Waals surface area (Å²) in [6.45, 7) is 1.56. The average Bonchev–Trinajstić information content (AvgIpc) is 2.64. The summed E-state index contributed by atoms with van der Waals surface area (Å²) < 4.78 is 5.70. The highest BCUT2D eigenvalue weighted by Gasteiger charge is 2.17. The molecule has 0 aliphatic carbocycles. The van der Waals surface area contributed by atoms with E-state index in [0.717, 1.165) is 5.75 Å². The van der Waals surface area contributed by atoms with Crippen molar-refractivity contribution in [2.75, 3.05) is 5.32 Å². The second-order valence-corrected chi connectivity index (χ2v) is 5.60. The first-order valence-corrected chi connectivity index (χ1v) is 7.93. The predicted octanol–water partition coefficient (Wildman–Crippen LogP) is 4.95. The Morgan fingerprint density at radius 2 is 1.58 bits per heavy atom. The molecule has 6 heteroatoms. The zero-order valence-electron chi connectivity index (χ0n) is 14.0. The Morgan fingerprint density at radius 3 is 2.23 bits per heavy atom. The van der Waals surface area contributed by atoms with Crippen LogP contribution in [0.5, 0.6) is 11.5 Å². The van der Waals surface area contributed by atoms with Crippen LogP contribution in [0, 0.1) is 17.0 Å². The molecule has 0 aliphatic rings. The lowest BCUT2D eigenvalue weighted by Crippen LogP contribution is -2.14. The maximum atomic E-state index is 12.4. The molecule has 1 amide bonds. The van der Waals surface area contributed by atoms with Crippen molar-refractivity contribution in [1.82, 2.24) is 0 Å². The summed E-state index contributed by atoms with van der Waals surface area (Å²) in [7, 11) is 0. The maximum absolute atomic E-state index is 12.4. The fourth-order valence-corrected chi connectivity index (χ4v) is 2.50. The quantitative estimate of drug-likeness (QED) is 0.522. The van der Waals surface area contributed by atoms with Gasteiger partial charge in [0.05, 0.1) is 4.92 Å². The van der Waals surface area contributed by atoms with E-state index < -0.39 is 10.8 Å². The van der Waals surface area contributed by atoms with Gasteiger partial charge in [-0.1, -0.05) is 24.3 Å². The number of para-hydroxylation sites is 1. The van der Waals surface area contributed by atoms with Crippen molar-refractivity contribution < 1.29 is 14.5 Å². The normalized spacial score (nSPS) is 10.2. The molecule has 130 valence electrons. The second kappa shape index (κ2) is 7.48. The van der Waals surface area contributed by atoms with Gasteiger partial charge in [-0.05, 0) is 49.4 Å². The summed E-state index contributed by atoms with van der Waals surface area (Å²) in [5.74, 6) is 0.958. The van der Waals surface area contributed by atoms with Crippen molar-refractivity contribution in [3.05, 3.63) is 94.0 Å². The van der Waals surface area contributed by atoms with Gasteiger partial charge in [0.2, 0.25) is 0 Å². The third-order valence-electron chi connectivity index (χ3n) is 3.84. The highest BCUT2D eigenvalue weighted by molar-refractivity contribution is 6.05. The molecule has 3 aromatic carbocycles. The molecule has 0 aliphatic heterocycles. The van der Waals surface area contributed by atoms with E-state index in [2.05, 4.69) is 5.32 Å². The third kappa shape index (κ3) is 3.87. The van der Waals surface area contributed by atoms with E-state index in [4.69, 9.17) is 4.74 Å². The molecule has 6 nitrogen and oxygen atoms in total. The van der Waals surface area contributed by atoms with Gasteiger partial charge in [-0.3, -0.25) is 14.9 Å². The number of nitro benzene ring substituents is 1. The third-order valence-corrected chi connectivity index (χ3v) is 3.84. The van der Waals surface area contributed by atoms with Crippen molar-refractivity contribution >= 4 is 17.3 Å². The number of amides is 1. The zero-order chi connectivity index (χ0) is 18.5. The van der Waals surface area contributed by atoms with Crippen LogP contribution in [0.1, 0.15) is 15.9 Å². The van der Waals surface area contributed by atoms with Gasteiger partial charge in [0.25, 0.3) is 11.6 Å². The fourth-order valence-electron chi connectivity index (χ4n) is 2.50. The lowest BCUT2D eigenvalue weighted by atomic mass is 10.1. The highest BCUT2D eigenvalue weighted by atomic mass is 16.6. The van der Waals surface area contributed by atoms with E-state index in [1.165, 1.54) is 12.1 Å². The van der Waals surface area contributed by atoms with Crippen molar-refractivity contribution in [3.63, 3.8) is 0 Å². The molecule has 0 spiro atoms. The number of hydrogen-bond acceptors (Lipinski definition) is 4. The fraction of sp³-hybridized carbons (Fsp3) is 0.0500. The van der Waals surface area contributed by atoms with Crippen LogP contribution in [-0.2, 0) is 0 Å². The number of carbonyl (C=O) groups excluding carboxylic acids is 1. The summed E-state index contributed by atoms with van der Waals surface area (Å²) >= 11 is 0. The van der Waals surface area contributed by atoms with Crippen molar-refractivity contribution in [2.24, 2.45) is 0 Å². The number of anilines is 1. The Kier molecular flexibility index (Phi) is 4.94. The van der Waals surface area contributed by atoms with Crippen LogP contribution in [0.2, 0.25) is 0 Å². The van der Waals surface area contributed by atoms with Crippen LogP contribution in [-0.4, -0.2) is 10.8 Å². The summed E-state index contributed by atoms with van der Waals surface area (Å²) in [6, 6.07) is 20.7. The molecular formula is C20H16N2O4. The standard InChI is InChI=1S/C20H16N2O4/c1-14-18(8-5-9-19(14)22(24)25)20(23)21-15-10-12-17(13-11-15)26-16-6-3-2-4-7-16/h2-13H,1H3,(H,21,23). The molecule has 0 unspecified atom stereocenters. The summed E-state index contributed by atoms with van der Waals surface area (Å²) in [6.07, 6.45) is 0. The predicted molar refractivity (Wildman–Crippen MR) is 98.7 cm³/mol. The lowest BCUT2D eigenvalue weighted by Gasteiger charge is -2.09. The van der Waals surface area contributed by atoms with E-state index in [9.17, 15) is 14.9 Å². The number of benzene rings is 3. The minimum atomic E-state index is -0.498. The molecule has 0 atom stereocenters. The van der Waals surface area contributed by atoms with E-state index in [-0.39, 0.29) is 11.3 Å². The minimum Gasteiger partial charge on any atom is -0.457 e. The molecule has 0 aromatic heterocycles. The molecule has 3 aromatic rings. The molecule has 0 saturated carbocycles. The Morgan fingerprint density at radius 1 is 0.923 bits per heavy atom. The van der Waals surface area contributed by atoms with Gasteiger partial charge in [0.15, 0.2) is 0 Å². The van der Waals surface area contributed by atoms with Gasteiger partial charge in [-0.15, -0.1) is 0 Å². The number of nitrogens with zero attached hydrogens (tertiary/aromatic N) is 1. The molecule has 26 heavy (non-hydrogen) atoms. The molecule has 0 radical (unpaired) electrons. The Balaban J connectivity index is 1.72. The number of rotatable bonds is 5. The average molecular weight is 348 g/mol. The first-order chi connectivity index (χ1) is 12.5. The van der Waals surface area contributed by atoms with Crippen LogP contribution in [0.3, 0.4) is 0 Å². The van der Waals surface area contributed by atoms with E-state index >= 15 is 0 Å². The molecule has 0 fully saturated rings. The van der Waals surface area contributed by atoms with Gasteiger partial charge in [0, 0.05) is 22.9 Å². The molecule has 1 N–H and O–H groups in total.